The van der Waals surface area contributed by atoms with Gasteiger partial charge >= 0.3 is 5.97 Å². The van der Waals surface area contributed by atoms with Crippen LogP contribution in [0.25, 0.3) is 11.1 Å². The molecule has 0 aliphatic heterocycles. The van der Waals surface area contributed by atoms with Crippen molar-refractivity contribution in [1.82, 2.24) is 0 Å². The Hall–Kier alpha value is -2.33. The summed E-state index contributed by atoms with van der Waals surface area (Å²) in [5.74, 6) is 0.0762. The zero-order valence-electron chi connectivity index (χ0n) is 16.8. The molecule has 1 aliphatic carbocycles. The van der Waals surface area contributed by atoms with Crippen LogP contribution in [0.15, 0.2) is 36.4 Å². The number of hydrogen-bond donors (Lipinski definition) is 1. The van der Waals surface area contributed by atoms with Crippen LogP contribution in [0, 0.1) is 6.92 Å². The average molecular weight is 367 g/mol. The van der Waals surface area contributed by atoms with Crippen molar-refractivity contribution >= 4 is 11.7 Å². The van der Waals surface area contributed by atoms with E-state index >= 15 is 0 Å². The molecule has 1 atom stereocenters. The highest BCUT2D eigenvalue weighted by Crippen LogP contribution is 2.49. The number of anilines is 1. The fourth-order valence-electron chi connectivity index (χ4n) is 3.50. The lowest BCUT2D eigenvalue weighted by Gasteiger charge is -2.30. The Labute approximate surface area is 161 Å². The number of nitrogen functional groups attached to an aromatic ring is 1. The van der Waals surface area contributed by atoms with Gasteiger partial charge < -0.3 is 15.2 Å². The van der Waals surface area contributed by atoms with Crippen molar-refractivity contribution in [1.29, 1.82) is 0 Å². The molecule has 1 aliphatic rings. The monoisotopic (exact) mass is 367 g/mol. The number of esters is 1. The Balaban J connectivity index is 2.30. The third-order valence-electron chi connectivity index (χ3n) is 4.93. The van der Waals surface area contributed by atoms with E-state index < -0.39 is 17.7 Å². The predicted octanol–water partition coefficient (Wildman–Crippen LogP) is 5.15. The number of carbonyl (C=O) groups excluding carboxylic acids is 1. The Kier molecular flexibility index (Phi) is 5.29. The van der Waals surface area contributed by atoms with Crippen molar-refractivity contribution in [2.24, 2.45) is 0 Å². The van der Waals surface area contributed by atoms with Crippen LogP contribution >= 0.6 is 0 Å². The lowest BCUT2D eigenvalue weighted by Crippen LogP contribution is -2.29. The van der Waals surface area contributed by atoms with Crippen molar-refractivity contribution < 1.29 is 14.3 Å². The fraction of sp³-hybridized carbons (Fsp3) is 0.435. The van der Waals surface area contributed by atoms with E-state index in [0.717, 1.165) is 35.1 Å². The number of benzene rings is 2. The normalized spacial score (nSPS) is 15.4. The highest BCUT2D eigenvalue weighted by atomic mass is 16.6. The molecule has 0 radical (unpaired) electrons. The van der Waals surface area contributed by atoms with Gasteiger partial charge in [-0.1, -0.05) is 30.3 Å². The maximum atomic E-state index is 12.7. The molecular formula is C23H29NO3. The van der Waals surface area contributed by atoms with E-state index in [9.17, 15) is 4.79 Å². The van der Waals surface area contributed by atoms with E-state index in [1.807, 2.05) is 45.9 Å². The minimum absolute atomic E-state index is 0.405. The molecule has 144 valence electrons. The van der Waals surface area contributed by atoms with Gasteiger partial charge in [0.25, 0.3) is 0 Å². The van der Waals surface area contributed by atoms with Crippen LogP contribution in [-0.4, -0.2) is 18.7 Å². The molecule has 0 amide bonds. The Morgan fingerprint density at radius 1 is 1.19 bits per heavy atom. The van der Waals surface area contributed by atoms with Crippen molar-refractivity contribution in [3.05, 3.63) is 53.1 Å². The van der Waals surface area contributed by atoms with E-state index in [4.69, 9.17) is 15.2 Å². The highest BCUT2D eigenvalue weighted by Gasteiger charge is 2.36. The van der Waals surface area contributed by atoms with Crippen molar-refractivity contribution in [2.45, 2.75) is 58.2 Å². The highest BCUT2D eigenvalue weighted by molar-refractivity contribution is 5.86. The molecule has 1 unspecified atom stereocenters. The molecule has 0 saturated heterocycles. The molecule has 0 bridgehead atoms. The largest absolute Gasteiger partial charge is 0.467 e. The van der Waals surface area contributed by atoms with E-state index in [0.29, 0.717) is 11.6 Å². The topological polar surface area (TPSA) is 61.5 Å². The lowest BCUT2D eigenvalue weighted by atomic mass is 9.85. The van der Waals surface area contributed by atoms with Crippen molar-refractivity contribution in [3.8, 4) is 11.1 Å². The van der Waals surface area contributed by atoms with Crippen molar-refractivity contribution in [2.75, 3.05) is 12.8 Å². The smallest absolute Gasteiger partial charge is 0.339 e. The van der Waals surface area contributed by atoms with Gasteiger partial charge in [0.15, 0.2) is 6.10 Å². The second-order valence-corrected chi connectivity index (χ2v) is 8.24. The number of nitrogens with two attached hydrogens (primary N) is 1. The first-order valence-corrected chi connectivity index (χ1v) is 9.47. The van der Waals surface area contributed by atoms with Gasteiger partial charge in [-0.15, -0.1) is 0 Å². The molecule has 4 nitrogen and oxygen atoms in total. The number of hydrogen-bond acceptors (Lipinski definition) is 4. The van der Waals surface area contributed by atoms with Gasteiger partial charge in [0, 0.05) is 11.3 Å². The van der Waals surface area contributed by atoms with Crippen LogP contribution in [0.3, 0.4) is 0 Å². The zero-order valence-corrected chi connectivity index (χ0v) is 16.8. The molecule has 3 rings (SSSR count). The number of rotatable bonds is 5. The first-order chi connectivity index (χ1) is 12.7. The predicted molar refractivity (Wildman–Crippen MR) is 109 cm³/mol. The Morgan fingerprint density at radius 3 is 2.33 bits per heavy atom. The number of ether oxygens (including phenoxy) is 2. The Bertz CT molecular complexity index is 833. The average Bonchev–Trinajstić information content (AvgIpc) is 3.46. The molecule has 2 aromatic rings. The Morgan fingerprint density at radius 2 is 1.81 bits per heavy atom. The van der Waals surface area contributed by atoms with E-state index in [-0.39, 0.29) is 0 Å². The van der Waals surface area contributed by atoms with Crippen LogP contribution in [0.4, 0.5) is 5.69 Å². The summed E-state index contributed by atoms with van der Waals surface area (Å²) >= 11 is 0. The zero-order chi connectivity index (χ0) is 19.8. The molecule has 1 saturated carbocycles. The van der Waals surface area contributed by atoms with Gasteiger partial charge in [-0.05, 0) is 74.8 Å². The lowest BCUT2D eigenvalue weighted by molar-refractivity contribution is -0.164. The first kappa shape index (κ1) is 19.4. The van der Waals surface area contributed by atoms with Gasteiger partial charge in [0.2, 0.25) is 0 Å². The van der Waals surface area contributed by atoms with Crippen LogP contribution in [0.5, 0.6) is 0 Å². The second-order valence-electron chi connectivity index (χ2n) is 8.24. The minimum atomic E-state index is -0.828. The van der Waals surface area contributed by atoms with Gasteiger partial charge in [-0.2, -0.15) is 0 Å². The summed E-state index contributed by atoms with van der Waals surface area (Å²) in [7, 11) is 1.40. The summed E-state index contributed by atoms with van der Waals surface area (Å²) in [4.78, 5) is 12.7. The molecule has 0 heterocycles. The molecule has 1 fully saturated rings. The van der Waals surface area contributed by atoms with Crippen molar-refractivity contribution in [3.63, 3.8) is 0 Å². The van der Waals surface area contributed by atoms with E-state index in [1.165, 1.54) is 12.7 Å². The molecule has 2 aromatic carbocycles. The summed E-state index contributed by atoms with van der Waals surface area (Å²) in [5.41, 5.74) is 11.6. The van der Waals surface area contributed by atoms with Gasteiger partial charge in [0.1, 0.15) is 0 Å². The van der Waals surface area contributed by atoms with Crippen LogP contribution in [0.1, 0.15) is 62.3 Å². The van der Waals surface area contributed by atoms with Crippen LogP contribution in [0.2, 0.25) is 0 Å². The summed E-state index contributed by atoms with van der Waals surface area (Å²) < 4.78 is 11.3. The van der Waals surface area contributed by atoms with Gasteiger partial charge in [-0.3, -0.25) is 0 Å². The molecule has 0 spiro atoms. The molecule has 0 aromatic heterocycles. The van der Waals surface area contributed by atoms with Gasteiger partial charge in [0.05, 0.1) is 12.7 Å². The third kappa shape index (κ3) is 4.16. The summed E-state index contributed by atoms with van der Waals surface area (Å²) in [6.45, 7) is 7.77. The second kappa shape index (κ2) is 7.35. The van der Waals surface area contributed by atoms with Crippen LogP contribution < -0.4 is 5.73 Å². The maximum Gasteiger partial charge on any atom is 0.339 e. The van der Waals surface area contributed by atoms with E-state index in [1.54, 1.807) is 0 Å². The third-order valence-corrected chi connectivity index (χ3v) is 4.93. The molecule has 2 N–H and O–H groups in total. The summed E-state index contributed by atoms with van der Waals surface area (Å²) in [6.07, 6.45) is 1.46. The van der Waals surface area contributed by atoms with E-state index in [2.05, 4.69) is 18.2 Å². The summed E-state index contributed by atoms with van der Waals surface area (Å²) in [6, 6.07) is 12.2. The quantitative estimate of drug-likeness (QED) is 0.586. The molecule has 4 heteroatoms. The maximum absolute atomic E-state index is 12.7. The number of carbonyl (C=O) groups is 1. The first-order valence-electron chi connectivity index (χ1n) is 9.47. The van der Waals surface area contributed by atoms with Crippen LogP contribution in [-0.2, 0) is 14.3 Å². The summed E-state index contributed by atoms with van der Waals surface area (Å²) in [5, 5.41) is 0. The fourth-order valence-corrected chi connectivity index (χ4v) is 3.50. The molecular weight excluding hydrogens is 338 g/mol. The number of methoxy groups -OCH3 is 1. The van der Waals surface area contributed by atoms with Gasteiger partial charge in [-0.25, -0.2) is 4.79 Å². The SMILES string of the molecule is COC(=O)C(OC(C)(C)C)c1c(C)c(N)cc(C2CC2)c1-c1ccccc1. The molecule has 27 heavy (non-hydrogen) atoms. The minimum Gasteiger partial charge on any atom is -0.467 e. The standard InChI is InChI=1S/C23H29NO3/c1-14-18(24)13-17(15-11-12-15)20(16-9-7-6-8-10-16)19(14)21(22(25)26-5)27-23(2,3)4/h6-10,13,15,21H,11-12,24H2,1-5H3.